The second kappa shape index (κ2) is 2.99. The fourth-order valence-electron chi connectivity index (χ4n) is 1.53. The molecule has 1 aliphatic heterocycles. The summed E-state index contributed by atoms with van der Waals surface area (Å²) in [5.74, 6) is -0.290. The number of ether oxygens (including phenoxy) is 1. The molecule has 0 bridgehead atoms. The van der Waals surface area contributed by atoms with E-state index < -0.39 is 11.5 Å². The Morgan fingerprint density at radius 1 is 1.50 bits per heavy atom. The second-order valence-corrected chi connectivity index (χ2v) is 3.53. The molecular formula is C10H11NO3. The third-order valence-corrected chi connectivity index (χ3v) is 2.39. The predicted octanol–water partition coefficient (Wildman–Crippen LogP) is 0.404. The first kappa shape index (κ1) is 9.02. The van der Waals surface area contributed by atoms with E-state index in [1.807, 2.05) is 24.3 Å². The van der Waals surface area contributed by atoms with Gasteiger partial charge in [0.2, 0.25) is 0 Å². The molecule has 0 radical (unpaired) electrons. The second-order valence-electron chi connectivity index (χ2n) is 3.53. The van der Waals surface area contributed by atoms with Crippen LogP contribution in [0.1, 0.15) is 5.56 Å². The molecule has 1 aromatic rings. The van der Waals surface area contributed by atoms with Crippen LogP contribution < -0.4 is 10.5 Å². The average molecular weight is 193 g/mol. The molecule has 0 unspecified atom stereocenters. The van der Waals surface area contributed by atoms with Gasteiger partial charge in [-0.2, -0.15) is 0 Å². The Morgan fingerprint density at radius 2 is 2.21 bits per heavy atom. The van der Waals surface area contributed by atoms with E-state index in [2.05, 4.69) is 0 Å². The molecule has 0 saturated heterocycles. The van der Waals surface area contributed by atoms with Crippen LogP contribution in [0, 0.1) is 0 Å². The highest BCUT2D eigenvalue weighted by Gasteiger charge is 2.39. The van der Waals surface area contributed by atoms with E-state index in [-0.39, 0.29) is 6.61 Å². The molecule has 74 valence electrons. The monoisotopic (exact) mass is 193 g/mol. The molecule has 14 heavy (non-hydrogen) atoms. The highest BCUT2D eigenvalue weighted by Crippen LogP contribution is 2.27. The van der Waals surface area contributed by atoms with E-state index in [9.17, 15) is 4.79 Å². The Kier molecular flexibility index (Phi) is 1.93. The molecule has 2 rings (SSSR count). The van der Waals surface area contributed by atoms with Crippen molar-refractivity contribution in [3.8, 4) is 5.75 Å². The van der Waals surface area contributed by atoms with Crippen LogP contribution >= 0.6 is 0 Å². The van der Waals surface area contributed by atoms with Crippen LogP contribution in [0.4, 0.5) is 0 Å². The SMILES string of the molecule is N[C@]1(C(=O)O)COc2ccccc2C1. The summed E-state index contributed by atoms with van der Waals surface area (Å²) in [6.07, 6.45) is 0.318. The predicted molar refractivity (Wildman–Crippen MR) is 50.2 cm³/mol. The zero-order valence-corrected chi connectivity index (χ0v) is 7.56. The maximum Gasteiger partial charge on any atom is 0.327 e. The third kappa shape index (κ3) is 1.33. The summed E-state index contributed by atoms with van der Waals surface area (Å²) in [5, 5.41) is 8.92. The van der Waals surface area contributed by atoms with Crippen LogP contribution in [0.3, 0.4) is 0 Å². The first-order valence-electron chi connectivity index (χ1n) is 4.35. The summed E-state index contributed by atoms with van der Waals surface area (Å²) >= 11 is 0. The average Bonchev–Trinajstić information content (AvgIpc) is 2.17. The van der Waals surface area contributed by atoms with Gasteiger partial charge in [-0.15, -0.1) is 0 Å². The topological polar surface area (TPSA) is 72.6 Å². The van der Waals surface area contributed by atoms with Gasteiger partial charge in [0.25, 0.3) is 0 Å². The molecule has 4 heteroatoms. The van der Waals surface area contributed by atoms with Crippen LogP contribution in [0.5, 0.6) is 5.75 Å². The molecule has 3 N–H and O–H groups in total. The Hall–Kier alpha value is -1.55. The Bertz CT molecular complexity index is 377. The van der Waals surface area contributed by atoms with Gasteiger partial charge in [0, 0.05) is 6.42 Å². The molecule has 0 fully saturated rings. The quantitative estimate of drug-likeness (QED) is 0.677. The molecule has 0 saturated carbocycles. The molecule has 1 atom stereocenters. The lowest BCUT2D eigenvalue weighted by molar-refractivity contribution is -0.145. The maximum absolute atomic E-state index is 10.9. The number of carbonyl (C=O) groups is 1. The summed E-state index contributed by atoms with van der Waals surface area (Å²) in [5.41, 5.74) is 5.26. The van der Waals surface area contributed by atoms with E-state index in [1.165, 1.54) is 0 Å². The fraction of sp³-hybridized carbons (Fsp3) is 0.300. The van der Waals surface area contributed by atoms with Crippen molar-refractivity contribution in [2.45, 2.75) is 12.0 Å². The Balaban J connectivity index is 2.34. The van der Waals surface area contributed by atoms with Gasteiger partial charge in [0.05, 0.1) is 0 Å². The largest absolute Gasteiger partial charge is 0.491 e. The summed E-state index contributed by atoms with van der Waals surface area (Å²) in [7, 11) is 0. The molecule has 1 aliphatic rings. The van der Waals surface area contributed by atoms with Crippen LogP contribution in [-0.4, -0.2) is 23.2 Å². The molecule has 1 heterocycles. The van der Waals surface area contributed by atoms with Crippen molar-refractivity contribution in [3.63, 3.8) is 0 Å². The van der Waals surface area contributed by atoms with Crippen LogP contribution in [-0.2, 0) is 11.2 Å². The Labute approximate surface area is 81.3 Å². The first-order chi connectivity index (χ1) is 6.62. The van der Waals surface area contributed by atoms with Crippen molar-refractivity contribution in [2.24, 2.45) is 5.73 Å². The molecule has 4 nitrogen and oxygen atoms in total. The van der Waals surface area contributed by atoms with Gasteiger partial charge in [-0.25, -0.2) is 0 Å². The van der Waals surface area contributed by atoms with E-state index in [0.717, 1.165) is 11.3 Å². The normalized spacial score (nSPS) is 24.9. The lowest BCUT2D eigenvalue weighted by atomic mass is 9.90. The molecule has 0 spiro atoms. The number of nitrogens with two attached hydrogens (primary N) is 1. The van der Waals surface area contributed by atoms with Crippen LogP contribution in [0.25, 0.3) is 0 Å². The van der Waals surface area contributed by atoms with E-state index >= 15 is 0 Å². The minimum atomic E-state index is -1.28. The molecular weight excluding hydrogens is 182 g/mol. The number of aliphatic carboxylic acids is 1. The summed E-state index contributed by atoms with van der Waals surface area (Å²) in [6.45, 7) is 0.0271. The lowest BCUT2D eigenvalue weighted by Gasteiger charge is -2.30. The summed E-state index contributed by atoms with van der Waals surface area (Å²) in [6, 6.07) is 7.34. The summed E-state index contributed by atoms with van der Waals surface area (Å²) < 4.78 is 5.29. The molecule has 1 aromatic carbocycles. The number of carboxylic acids is 1. The lowest BCUT2D eigenvalue weighted by Crippen LogP contribution is -2.56. The highest BCUT2D eigenvalue weighted by atomic mass is 16.5. The smallest absolute Gasteiger partial charge is 0.327 e. The molecule has 0 aromatic heterocycles. The van der Waals surface area contributed by atoms with Crippen molar-refractivity contribution in [3.05, 3.63) is 29.8 Å². The van der Waals surface area contributed by atoms with Gasteiger partial charge < -0.3 is 15.6 Å². The van der Waals surface area contributed by atoms with Crippen molar-refractivity contribution >= 4 is 5.97 Å². The van der Waals surface area contributed by atoms with Crippen molar-refractivity contribution in [1.82, 2.24) is 0 Å². The zero-order valence-electron chi connectivity index (χ0n) is 7.56. The first-order valence-corrected chi connectivity index (χ1v) is 4.35. The summed E-state index contributed by atoms with van der Waals surface area (Å²) in [4.78, 5) is 10.9. The zero-order chi connectivity index (χ0) is 10.2. The standard InChI is InChI=1S/C10H11NO3/c11-10(9(12)13)5-7-3-1-2-4-8(7)14-6-10/h1-4H,5-6,11H2,(H,12,13)/t10-/m0/s1. The van der Waals surface area contributed by atoms with Gasteiger partial charge in [-0.1, -0.05) is 18.2 Å². The van der Waals surface area contributed by atoms with E-state index in [1.54, 1.807) is 0 Å². The van der Waals surface area contributed by atoms with Gasteiger partial charge in [-0.3, -0.25) is 4.79 Å². The van der Waals surface area contributed by atoms with Crippen LogP contribution in [0.2, 0.25) is 0 Å². The van der Waals surface area contributed by atoms with Gasteiger partial charge in [-0.05, 0) is 11.6 Å². The minimum absolute atomic E-state index is 0.0271. The fourth-order valence-corrected chi connectivity index (χ4v) is 1.53. The van der Waals surface area contributed by atoms with Crippen LogP contribution in [0.15, 0.2) is 24.3 Å². The van der Waals surface area contributed by atoms with Gasteiger partial charge in [0.15, 0.2) is 5.54 Å². The van der Waals surface area contributed by atoms with E-state index in [4.69, 9.17) is 15.6 Å². The van der Waals surface area contributed by atoms with Gasteiger partial charge in [0.1, 0.15) is 12.4 Å². The molecule has 0 amide bonds. The number of rotatable bonds is 1. The Morgan fingerprint density at radius 3 is 2.93 bits per heavy atom. The van der Waals surface area contributed by atoms with E-state index in [0.29, 0.717) is 6.42 Å². The number of hydrogen-bond acceptors (Lipinski definition) is 3. The van der Waals surface area contributed by atoms with Crippen molar-refractivity contribution < 1.29 is 14.6 Å². The number of hydrogen-bond donors (Lipinski definition) is 2. The van der Waals surface area contributed by atoms with Crippen molar-refractivity contribution in [1.29, 1.82) is 0 Å². The maximum atomic E-state index is 10.9. The number of fused-ring (bicyclic) bond motifs is 1. The van der Waals surface area contributed by atoms with Crippen molar-refractivity contribution in [2.75, 3.05) is 6.61 Å². The number of benzene rings is 1. The third-order valence-electron chi connectivity index (χ3n) is 2.39. The highest BCUT2D eigenvalue weighted by molar-refractivity contribution is 5.79. The van der Waals surface area contributed by atoms with Gasteiger partial charge >= 0.3 is 5.97 Å². The number of carboxylic acid groups (broad SMARTS) is 1. The molecule has 0 aliphatic carbocycles. The minimum Gasteiger partial charge on any atom is -0.491 e. The number of para-hydroxylation sites is 1.